The Labute approximate surface area is 205 Å². The number of alkyl carbamates (subject to hydrolysis) is 1. The third kappa shape index (κ3) is 4.51. The number of hydrogen-bond acceptors (Lipinski definition) is 4. The predicted molar refractivity (Wildman–Crippen MR) is 131 cm³/mol. The van der Waals surface area contributed by atoms with Crippen molar-refractivity contribution in [1.29, 1.82) is 0 Å². The number of aliphatic carboxylic acids is 1. The molecule has 35 heavy (non-hydrogen) atoms. The molecule has 3 aliphatic rings. The highest BCUT2D eigenvalue weighted by molar-refractivity contribution is 5.91. The average Bonchev–Trinajstić information content (AvgIpc) is 2.96. The van der Waals surface area contributed by atoms with Crippen molar-refractivity contribution in [2.75, 3.05) is 6.61 Å². The number of carbonyl (C=O) groups is 3. The summed E-state index contributed by atoms with van der Waals surface area (Å²) in [6.07, 6.45) is 5.17. The molecule has 3 N–H and O–H groups in total. The SMILES string of the molecule is O=C(NC1(C(=O)N[C@H]2CCCCC[C@H]2C(=O)O)CCC1)OCC1c2ccccc2-c2ccccc21. The van der Waals surface area contributed by atoms with Crippen LogP contribution >= 0.6 is 0 Å². The number of benzene rings is 2. The lowest BCUT2D eigenvalue weighted by Crippen LogP contribution is -2.64. The zero-order valence-electron chi connectivity index (χ0n) is 19.8. The second-order valence-electron chi connectivity index (χ2n) is 10.0. The van der Waals surface area contributed by atoms with Crippen LogP contribution in [0.1, 0.15) is 68.4 Å². The summed E-state index contributed by atoms with van der Waals surface area (Å²) in [6.45, 7) is 0.182. The zero-order chi connectivity index (χ0) is 24.4. The third-order valence-electron chi connectivity index (χ3n) is 7.98. The van der Waals surface area contributed by atoms with Crippen molar-refractivity contribution in [3.8, 4) is 11.1 Å². The van der Waals surface area contributed by atoms with Gasteiger partial charge in [-0.15, -0.1) is 0 Å². The molecule has 2 atom stereocenters. The monoisotopic (exact) mass is 476 g/mol. The highest BCUT2D eigenvalue weighted by Crippen LogP contribution is 2.44. The van der Waals surface area contributed by atoms with E-state index in [1.165, 1.54) is 0 Å². The summed E-state index contributed by atoms with van der Waals surface area (Å²) in [5.74, 6) is -1.81. The van der Waals surface area contributed by atoms with Gasteiger partial charge < -0.3 is 20.5 Å². The number of hydrogen-bond donors (Lipinski definition) is 3. The van der Waals surface area contributed by atoms with Gasteiger partial charge in [-0.3, -0.25) is 9.59 Å². The van der Waals surface area contributed by atoms with Crippen molar-refractivity contribution in [2.24, 2.45) is 5.92 Å². The van der Waals surface area contributed by atoms with E-state index in [-0.39, 0.29) is 18.4 Å². The Morgan fingerprint density at radius 3 is 2.11 bits per heavy atom. The Kier molecular flexibility index (Phi) is 6.50. The second-order valence-corrected chi connectivity index (χ2v) is 10.0. The first-order chi connectivity index (χ1) is 17.0. The maximum absolute atomic E-state index is 13.2. The first-order valence-corrected chi connectivity index (χ1v) is 12.7. The molecule has 2 saturated carbocycles. The molecule has 7 nitrogen and oxygen atoms in total. The quantitative estimate of drug-likeness (QED) is 0.529. The van der Waals surface area contributed by atoms with E-state index in [0.717, 1.165) is 47.9 Å². The van der Waals surface area contributed by atoms with E-state index in [1.807, 2.05) is 24.3 Å². The van der Waals surface area contributed by atoms with Crippen molar-refractivity contribution < 1.29 is 24.2 Å². The maximum Gasteiger partial charge on any atom is 0.408 e. The number of rotatable bonds is 6. The normalized spacial score (nSPS) is 22.6. The van der Waals surface area contributed by atoms with Gasteiger partial charge in [0.1, 0.15) is 12.1 Å². The molecule has 2 amide bonds. The molecule has 0 aromatic heterocycles. The molecule has 2 fully saturated rings. The van der Waals surface area contributed by atoms with Crippen LogP contribution in [0.4, 0.5) is 4.79 Å². The van der Waals surface area contributed by atoms with Crippen LogP contribution in [0.25, 0.3) is 11.1 Å². The van der Waals surface area contributed by atoms with Gasteiger partial charge in [-0.2, -0.15) is 0 Å². The number of carboxylic acids is 1. The molecule has 5 rings (SSSR count). The standard InChI is InChI=1S/C28H32N2O5/c31-25(32)22-13-2-1-3-14-24(22)29-26(33)28(15-8-16-28)30-27(34)35-17-23-20-11-6-4-9-18(20)19-10-5-7-12-21(19)23/h4-7,9-12,22-24H,1-3,8,13-17H2,(H,29,33)(H,30,34)(H,31,32)/t22-,24+/m1/s1. The minimum Gasteiger partial charge on any atom is -0.481 e. The van der Waals surface area contributed by atoms with Crippen molar-refractivity contribution in [3.63, 3.8) is 0 Å². The second kappa shape index (κ2) is 9.72. The van der Waals surface area contributed by atoms with E-state index in [9.17, 15) is 19.5 Å². The Hall–Kier alpha value is -3.35. The Bertz CT molecular complexity index is 1080. The molecule has 2 aromatic carbocycles. The maximum atomic E-state index is 13.2. The van der Waals surface area contributed by atoms with Gasteiger partial charge >= 0.3 is 12.1 Å². The molecule has 2 aromatic rings. The molecule has 3 aliphatic carbocycles. The first-order valence-electron chi connectivity index (χ1n) is 12.7. The van der Waals surface area contributed by atoms with Crippen LogP contribution in [-0.4, -0.2) is 41.3 Å². The zero-order valence-corrected chi connectivity index (χ0v) is 19.8. The molecule has 0 saturated heterocycles. The number of carboxylic acid groups (broad SMARTS) is 1. The van der Waals surface area contributed by atoms with Gasteiger partial charge in [-0.05, 0) is 54.4 Å². The fourth-order valence-corrected chi connectivity index (χ4v) is 5.85. The molecule has 0 heterocycles. The number of fused-ring (bicyclic) bond motifs is 3. The minimum atomic E-state index is -1.03. The van der Waals surface area contributed by atoms with Gasteiger partial charge in [0.2, 0.25) is 5.91 Å². The van der Waals surface area contributed by atoms with Gasteiger partial charge in [0.15, 0.2) is 0 Å². The van der Waals surface area contributed by atoms with Gasteiger partial charge in [0, 0.05) is 12.0 Å². The first kappa shape index (κ1) is 23.4. The van der Waals surface area contributed by atoms with Crippen molar-refractivity contribution in [1.82, 2.24) is 10.6 Å². The summed E-state index contributed by atoms with van der Waals surface area (Å²) in [5, 5.41) is 15.4. The number of nitrogens with one attached hydrogen (secondary N) is 2. The average molecular weight is 477 g/mol. The van der Waals surface area contributed by atoms with Gasteiger partial charge in [0.05, 0.1) is 5.92 Å². The minimum absolute atomic E-state index is 0.0540. The van der Waals surface area contributed by atoms with Crippen LogP contribution < -0.4 is 10.6 Å². The van der Waals surface area contributed by atoms with Crippen LogP contribution in [0.2, 0.25) is 0 Å². The van der Waals surface area contributed by atoms with Crippen LogP contribution in [0.3, 0.4) is 0 Å². The largest absolute Gasteiger partial charge is 0.481 e. The van der Waals surface area contributed by atoms with Crippen LogP contribution in [0.15, 0.2) is 48.5 Å². The molecule has 0 spiro atoms. The van der Waals surface area contributed by atoms with E-state index in [1.54, 1.807) is 0 Å². The molecule has 0 bridgehead atoms. The molecule has 0 aliphatic heterocycles. The molecular weight excluding hydrogens is 444 g/mol. The molecule has 184 valence electrons. The lowest BCUT2D eigenvalue weighted by Gasteiger charge is -2.41. The van der Waals surface area contributed by atoms with Crippen molar-refractivity contribution in [3.05, 3.63) is 59.7 Å². The van der Waals surface area contributed by atoms with Crippen LogP contribution in [-0.2, 0) is 14.3 Å². The predicted octanol–water partition coefficient (Wildman–Crippen LogP) is 4.60. The molecule has 0 radical (unpaired) electrons. The highest BCUT2D eigenvalue weighted by Gasteiger charge is 2.47. The van der Waals surface area contributed by atoms with E-state index in [0.29, 0.717) is 25.7 Å². The summed E-state index contributed by atoms with van der Waals surface area (Å²) < 4.78 is 5.67. The fraction of sp³-hybridized carbons (Fsp3) is 0.464. The number of ether oxygens (including phenoxy) is 1. The summed E-state index contributed by atoms with van der Waals surface area (Å²) >= 11 is 0. The van der Waals surface area contributed by atoms with Gasteiger partial charge in [-0.1, -0.05) is 67.8 Å². The summed E-state index contributed by atoms with van der Waals surface area (Å²) in [7, 11) is 0. The Balaban J connectivity index is 1.24. The lowest BCUT2D eigenvalue weighted by molar-refractivity contribution is -0.143. The van der Waals surface area contributed by atoms with Crippen molar-refractivity contribution >= 4 is 18.0 Å². The summed E-state index contributed by atoms with van der Waals surface area (Å²) in [4.78, 5) is 37.8. The molecular formula is C28H32N2O5. The van der Waals surface area contributed by atoms with E-state index in [4.69, 9.17) is 4.74 Å². The number of carbonyl (C=O) groups excluding carboxylic acids is 2. The van der Waals surface area contributed by atoms with Crippen LogP contribution in [0.5, 0.6) is 0 Å². The highest BCUT2D eigenvalue weighted by atomic mass is 16.5. The number of amides is 2. The van der Waals surface area contributed by atoms with Gasteiger partial charge in [-0.25, -0.2) is 4.79 Å². The smallest absolute Gasteiger partial charge is 0.408 e. The van der Waals surface area contributed by atoms with Crippen molar-refractivity contribution in [2.45, 2.75) is 68.9 Å². The van der Waals surface area contributed by atoms with E-state index < -0.39 is 29.6 Å². The Morgan fingerprint density at radius 1 is 0.886 bits per heavy atom. The molecule has 0 unspecified atom stereocenters. The van der Waals surface area contributed by atoms with Crippen LogP contribution in [0, 0.1) is 5.92 Å². The van der Waals surface area contributed by atoms with E-state index in [2.05, 4.69) is 34.9 Å². The fourth-order valence-electron chi connectivity index (χ4n) is 5.85. The van der Waals surface area contributed by atoms with E-state index >= 15 is 0 Å². The summed E-state index contributed by atoms with van der Waals surface area (Å²) in [5.41, 5.74) is 3.54. The van der Waals surface area contributed by atoms with Gasteiger partial charge in [0.25, 0.3) is 0 Å². The lowest BCUT2D eigenvalue weighted by atomic mass is 9.75. The topological polar surface area (TPSA) is 105 Å². The molecule has 7 heteroatoms. The summed E-state index contributed by atoms with van der Waals surface area (Å²) in [6, 6.07) is 15.9. The third-order valence-corrected chi connectivity index (χ3v) is 7.98. The Morgan fingerprint density at radius 2 is 1.51 bits per heavy atom.